The van der Waals surface area contributed by atoms with Crippen LogP contribution in [0.25, 0.3) is 11.0 Å². The minimum atomic E-state index is -0.0230. The molecule has 0 saturated carbocycles. The third kappa shape index (κ3) is 2.02. The van der Waals surface area contributed by atoms with Gasteiger partial charge in [0.2, 0.25) is 0 Å². The largest absolute Gasteiger partial charge is 0.461 e. The summed E-state index contributed by atoms with van der Waals surface area (Å²) in [4.78, 5) is 11.9. The predicted octanol–water partition coefficient (Wildman–Crippen LogP) is 1.96. The van der Waals surface area contributed by atoms with Gasteiger partial charge in [-0.25, -0.2) is 4.63 Å². The molecule has 0 N–H and O–H groups in total. The van der Waals surface area contributed by atoms with Crippen molar-refractivity contribution in [1.29, 1.82) is 0 Å². The van der Waals surface area contributed by atoms with Crippen LogP contribution in [-0.2, 0) is 12.8 Å². The highest BCUT2D eigenvalue weighted by Gasteiger charge is 2.05. The average Bonchev–Trinajstić information content (AvgIpc) is 2.90. The van der Waals surface area contributed by atoms with Gasteiger partial charge in [-0.1, -0.05) is 22.4 Å². The van der Waals surface area contributed by atoms with Crippen LogP contribution in [0.4, 0.5) is 0 Å². The molecule has 5 nitrogen and oxygen atoms in total. The highest BCUT2D eigenvalue weighted by molar-refractivity contribution is 5.76. The molecule has 18 heavy (non-hydrogen) atoms. The molecule has 3 rings (SSSR count). The maximum Gasteiger partial charge on any atom is 0.192 e. The van der Waals surface area contributed by atoms with Crippen molar-refractivity contribution >= 4 is 11.0 Å². The zero-order valence-electron chi connectivity index (χ0n) is 9.50. The van der Waals surface area contributed by atoms with Crippen LogP contribution in [0.1, 0.15) is 11.5 Å². The van der Waals surface area contributed by atoms with Crippen molar-refractivity contribution in [2.24, 2.45) is 0 Å². The zero-order chi connectivity index (χ0) is 12.4. The third-order valence-corrected chi connectivity index (χ3v) is 2.72. The third-order valence-electron chi connectivity index (χ3n) is 2.72. The molecule has 3 aromatic rings. The second kappa shape index (κ2) is 4.44. The van der Waals surface area contributed by atoms with E-state index in [1.807, 2.05) is 12.1 Å². The zero-order valence-corrected chi connectivity index (χ0v) is 9.50. The van der Waals surface area contributed by atoms with E-state index >= 15 is 0 Å². The Morgan fingerprint density at radius 3 is 2.89 bits per heavy atom. The Morgan fingerprint density at radius 1 is 1.17 bits per heavy atom. The lowest BCUT2D eigenvalue weighted by Crippen LogP contribution is -2.03. The molecule has 0 spiro atoms. The smallest absolute Gasteiger partial charge is 0.192 e. The van der Waals surface area contributed by atoms with E-state index in [0.717, 1.165) is 5.69 Å². The van der Waals surface area contributed by atoms with E-state index in [1.54, 1.807) is 18.3 Å². The Kier molecular flexibility index (Phi) is 2.64. The molecule has 0 bridgehead atoms. The number of aryl methyl sites for hydroxylation is 2. The van der Waals surface area contributed by atoms with Crippen LogP contribution in [0.2, 0.25) is 0 Å². The summed E-state index contributed by atoms with van der Waals surface area (Å²) in [6.07, 6.45) is 2.78. The number of nitrogens with zero attached hydrogens (tertiary/aromatic N) is 2. The number of para-hydroxylation sites is 1. The summed E-state index contributed by atoms with van der Waals surface area (Å²) in [7, 11) is 0. The monoisotopic (exact) mass is 242 g/mol. The van der Waals surface area contributed by atoms with Gasteiger partial charge in [-0.3, -0.25) is 4.79 Å². The SMILES string of the molecule is O=c1cc(CCc2cnon2)oc2ccccc12. The highest BCUT2D eigenvalue weighted by atomic mass is 16.6. The molecule has 5 heteroatoms. The summed E-state index contributed by atoms with van der Waals surface area (Å²) < 4.78 is 10.2. The molecular weight excluding hydrogens is 232 g/mol. The van der Waals surface area contributed by atoms with Crippen molar-refractivity contribution in [2.75, 3.05) is 0 Å². The molecular formula is C13H10N2O3. The van der Waals surface area contributed by atoms with Gasteiger partial charge >= 0.3 is 0 Å². The number of hydrogen-bond acceptors (Lipinski definition) is 5. The van der Waals surface area contributed by atoms with Crippen LogP contribution in [0, 0.1) is 0 Å². The number of rotatable bonds is 3. The van der Waals surface area contributed by atoms with E-state index in [9.17, 15) is 4.79 Å². The summed E-state index contributed by atoms with van der Waals surface area (Å²) in [5.41, 5.74) is 1.33. The standard InChI is InChI=1S/C13H10N2O3/c16-12-7-10(6-5-9-8-14-18-15-9)17-13-4-2-1-3-11(12)13/h1-4,7-8H,5-6H2. The molecule has 0 atom stereocenters. The first kappa shape index (κ1) is 10.7. The van der Waals surface area contributed by atoms with E-state index in [4.69, 9.17) is 4.42 Å². The second-order valence-corrected chi connectivity index (χ2v) is 3.97. The van der Waals surface area contributed by atoms with E-state index in [-0.39, 0.29) is 5.43 Å². The lowest BCUT2D eigenvalue weighted by Gasteiger charge is -2.01. The Morgan fingerprint density at radius 2 is 2.06 bits per heavy atom. The second-order valence-electron chi connectivity index (χ2n) is 3.97. The van der Waals surface area contributed by atoms with Gasteiger partial charge in [-0.15, -0.1) is 0 Å². The fraction of sp³-hybridized carbons (Fsp3) is 0.154. The molecule has 0 aliphatic heterocycles. The van der Waals surface area contributed by atoms with Crippen molar-refractivity contribution in [3.63, 3.8) is 0 Å². The Bertz CT molecular complexity index is 716. The Balaban J connectivity index is 1.91. The topological polar surface area (TPSA) is 69.1 Å². The molecule has 90 valence electrons. The van der Waals surface area contributed by atoms with Crippen molar-refractivity contribution in [3.05, 3.63) is 58.2 Å². The molecule has 0 saturated heterocycles. The van der Waals surface area contributed by atoms with Crippen LogP contribution >= 0.6 is 0 Å². The van der Waals surface area contributed by atoms with E-state index in [1.165, 1.54) is 6.07 Å². The maximum absolute atomic E-state index is 11.9. The minimum Gasteiger partial charge on any atom is -0.461 e. The fourth-order valence-corrected chi connectivity index (χ4v) is 1.82. The van der Waals surface area contributed by atoms with Gasteiger partial charge in [0.15, 0.2) is 5.43 Å². The molecule has 0 aliphatic rings. The van der Waals surface area contributed by atoms with Crippen LogP contribution in [0.5, 0.6) is 0 Å². The van der Waals surface area contributed by atoms with Crippen molar-refractivity contribution < 1.29 is 9.05 Å². The van der Waals surface area contributed by atoms with Gasteiger partial charge in [0.1, 0.15) is 17.0 Å². The molecule has 0 aliphatic carbocycles. The van der Waals surface area contributed by atoms with Gasteiger partial charge in [-0.2, -0.15) is 0 Å². The summed E-state index contributed by atoms with van der Waals surface area (Å²) in [5, 5.41) is 7.83. The maximum atomic E-state index is 11.9. The van der Waals surface area contributed by atoms with Gasteiger partial charge in [0.25, 0.3) is 0 Å². The quantitative estimate of drug-likeness (QED) is 0.702. The molecule has 0 amide bonds. The lowest BCUT2D eigenvalue weighted by molar-refractivity contribution is 0.303. The Labute approximate surface area is 102 Å². The van der Waals surface area contributed by atoms with Gasteiger partial charge < -0.3 is 4.42 Å². The van der Waals surface area contributed by atoms with Gasteiger partial charge in [0, 0.05) is 18.9 Å². The summed E-state index contributed by atoms with van der Waals surface area (Å²) in [5.74, 6) is 0.640. The van der Waals surface area contributed by atoms with Crippen molar-refractivity contribution in [3.8, 4) is 0 Å². The van der Waals surface area contributed by atoms with Crippen LogP contribution in [0.15, 0.2) is 50.4 Å². The highest BCUT2D eigenvalue weighted by Crippen LogP contribution is 2.13. The first-order chi connectivity index (χ1) is 8.83. The molecule has 2 heterocycles. The predicted molar refractivity (Wildman–Crippen MR) is 64.2 cm³/mol. The number of fused-ring (bicyclic) bond motifs is 1. The van der Waals surface area contributed by atoms with E-state index in [2.05, 4.69) is 14.9 Å². The molecule has 0 fully saturated rings. The molecule has 1 aromatic carbocycles. The van der Waals surface area contributed by atoms with Gasteiger partial charge in [0.05, 0.1) is 11.6 Å². The lowest BCUT2D eigenvalue weighted by atomic mass is 10.1. The van der Waals surface area contributed by atoms with Crippen LogP contribution in [-0.4, -0.2) is 10.3 Å². The minimum absolute atomic E-state index is 0.0230. The van der Waals surface area contributed by atoms with Gasteiger partial charge in [-0.05, 0) is 12.1 Å². The summed E-state index contributed by atoms with van der Waals surface area (Å²) in [6.45, 7) is 0. The Hall–Kier alpha value is -2.43. The van der Waals surface area contributed by atoms with E-state index < -0.39 is 0 Å². The normalized spacial score (nSPS) is 10.9. The number of aromatic nitrogens is 2. The average molecular weight is 242 g/mol. The van der Waals surface area contributed by atoms with Crippen molar-refractivity contribution in [1.82, 2.24) is 10.3 Å². The fourth-order valence-electron chi connectivity index (χ4n) is 1.82. The number of benzene rings is 1. The molecule has 2 aromatic heterocycles. The summed E-state index contributed by atoms with van der Waals surface area (Å²) in [6, 6.07) is 8.73. The first-order valence-electron chi connectivity index (χ1n) is 5.61. The molecule has 0 radical (unpaired) electrons. The van der Waals surface area contributed by atoms with Crippen LogP contribution < -0.4 is 5.43 Å². The van der Waals surface area contributed by atoms with Crippen molar-refractivity contribution in [2.45, 2.75) is 12.8 Å². The molecule has 0 unspecified atom stereocenters. The van der Waals surface area contributed by atoms with Crippen LogP contribution in [0.3, 0.4) is 0 Å². The van der Waals surface area contributed by atoms with E-state index in [0.29, 0.717) is 29.6 Å². The number of hydrogen-bond donors (Lipinski definition) is 0. The summed E-state index contributed by atoms with van der Waals surface area (Å²) >= 11 is 0. The first-order valence-corrected chi connectivity index (χ1v) is 5.61.